The van der Waals surface area contributed by atoms with Gasteiger partial charge in [-0.3, -0.25) is 4.79 Å². The van der Waals surface area contributed by atoms with Gasteiger partial charge in [0.15, 0.2) is 0 Å². The Kier molecular flexibility index (Phi) is 6.62. The van der Waals surface area contributed by atoms with E-state index in [4.69, 9.17) is 0 Å². The number of anilines is 1. The molecular formula is C20H27N3O3S. The second-order valence-electron chi connectivity index (χ2n) is 6.70. The van der Waals surface area contributed by atoms with Crippen LogP contribution in [0.15, 0.2) is 47.4 Å². The molecule has 0 aliphatic heterocycles. The van der Waals surface area contributed by atoms with Gasteiger partial charge < -0.3 is 9.80 Å². The van der Waals surface area contributed by atoms with Gasteiger partial charge in [0.25, 0.3) is 5.91 Å². The quantitative estimate of drug-likeness (QED) is 0.790. The van der Waals surface area contributed by atoms with E-state index in [1.165, 1.54) is 12.1 Å². The number of sulfonamides is 1. The average Bonchev–Trinajstić information content (AvgIpc) is 2.61. The molecule has 2 aromatic carbocycles. The number of rotatable bonds is 7. The molecule has 0 atom stereocenters. The van der Waals surface area contributed by atoms with Crippen LogP contribution in [-0.2, 0) is 16.6 Å². The van der Waals surface area contributed by atoms with Crippen LogP contribution >= 0.6 is 0 Å². The number of hydrogen-bond acceptors (Lipinski definition) is 4. The molecule has 146 valence electrons. The molecule has 1 amide bonds. The highest BCUT2D eigenvalue weighted by Crippen LogP contribution is 2.19. The van der Waals surface area contributed by atoms with E-state index in [0.29, 0.717) is 18.7 Å². The molecule has 0 fully saturated rings. The summed E-state index contributed by atoms with van der Waals surface area (Å²) in [5.74, 6) is -0.210. The van der Waals surface area contributed by atoms with Gasteiger partial charge in [-0.05, 0) is 42.3 Å². The first-order chi connectivity index (χ1) is 12.7. The van der Waals surface area contributed by atoms with Crippen LogP contribution in [0.4, 0.5) is 5.69 Å². The summed E-state index contributed by atoms with van der Waals surface area (Å²) in [7, 11) is 2.06. The molecule has 27 heavy (non-hydrogen) atoms. The Morgan fingerprint density at radius 2 is 1.67 bits per heavy atom. The van der Waals surface area contributed by atoms with E-state index in [1.54, 1.807) is 31.9 Å². The predicted molar refractivity (Wildman–Crippen MR) is 109 cm³/mol. The molecular weight excluding hydrogens is 362 g/mol. The average molecular weight is 390 g/mol. The van der Waals surface area contributed by atoms with Crippen molar-refractivity contribution in [1.29, 1.82) is 0 Å². The molecule has 0 unspecified atom stereocenters. The molecule has 0 spiro atoms. The van der Waals surface area contributed by atoms with Crippen molar-refractivity contribution in [3.8, 4) is 0 Å². The molecule has 0 saturated carbocycles. The van der Waals surface area contributed by atoms with Crippen LogP contribution in [0.3, 0.4) is 0 Å². The monoisotopic (exact) mass is 389 g/mol. The first-order valence-electron chi connectivity index (χ1n) is 8.77. The van der Waals surface area contributed by atoms with Gasteiger partial charge in [0.05, 0.1) is 4.90 Å². The summed E-state index contributed by atoms with van der Waals surface area (Å²) in [6, 6.07) is 12.6. The van der Waals surface area contributed by atoms with Gasteiger partial charge in [-0.1, -0.05) is 25.1 Å². The van der Waals surface area contributed by atoms with Crippen molar-refractivity contribution >= 4 is 21.6 Å². The molecule has 0 heterocycles. The van der Waals surface area contributed by atoms with Crippen molar-refractivity contribution in [1.82, 2.24) is 9.62 Å². The Labute approximate surface area is 161 Å². The van der Waals surface area contributed by atoms with Gasteiger partial charge in [0, 0.05) is 45.5 Å². The zero-order chi connectivity index (χ0) is 20.2. The van der Waals surface area contributed by atoms with Gasteiger partial charge >= 0.3 is 0 Å². The molecule has 0 bridgehead atoms. The summed E-state index contributed by atoms with van der Waals surface area (Å²) in [4.78, 5) is 16.6. The SMILES string of the molecule is CCNS(=O)(=O)c1ccc(C)c(C(=O)N(C)Cc2ccc(N(C)C)cc2)c1. The molecule has 0 saturated heterocycles. The predicted octanol–water partition coefficient (Wildman–Crippen LogP) is 2.63. The summed E-state index contributed by atoms with van der Waals surface area (Å²) in [5.41, 5.74) is 3.22. The van der Waals surface area contributed by atoms with Crippen molar-refractivity contribution < 1.29 is 13.2 Å². The summed E-state index contributed by atoms with van der Waals surface area (Å²) >= 11 is 0. The molecule has 0 aromatic heterocycles. The molecule has 0 aliphatic rings. The van der Waals surface area contributed by atoms with Gasteiger partial charge in [0.2, 0.25) is 10.0 Å². The number of hydrogen-bond donors (Lipinski definition) is 1. The third-order valence-corrected chi connectivity index (χ3v) is 5.85. The number of aryl methyl sites for hydroxylation is 1. The number of amides is 1. The third kappa shape index (κ3) is 5.08. The Balaban J connectivity index is 2.23. The highest BCUT2D eigenvalue weighted by atomic mass is 32.2. The lowest BCUT2D eigenvalue weighted by atomic mass is 10.1. The van der Waals surface area contributed by atoms with E-state index in [0.717, 1.165) is 16.8 Å². The highest BCUT2D eigenvalue weighted by Gasteiger charge is 2.19. The van der Waals surface area contributed by atoms with Crippen LogP contribution in [0.25, 0.3) is 0 Å². The van der Waals surface area contributed by atoms with Crippen LogP contribution < -0.4 is 9.62 Å². The molecule has 0 aliphatic carbocycles. The van der Waals surface area contributed by atoms with E-state index in [2.05, 4.69) is 4.72 Å². The van der Waals surface area contributed by atoms with Crippen molar-refractivity contribution in [2.45, 2.75) is 25.3 Å². The molecule has 6 nitrogen and oxygen atoms in total. The fourth-order valence-electron chi connectivity index (χ4n) is 2.72. The van der Waals surface area contributed by atoms with E-state index in [-0.39, 0.29) is 10.8 Å². The minimum absolute atomic E-state index is 0.0991. The van der Waals surface area contributed by atoms with Gasteiger partial charge in [-0.2, -0.15) is 0 Å². The lowest BCUT2D eigenvalue weighted by molar-refractivity contribution is 0.0784. The minimum atomic E-state index is -3.61. The standard InChI is InChI=1S/C20H27N3O3S/c1-6-21-27(25,26)18-12-7-15(2)19(13-18)20(24)23(5)14-16-8-10-17(11-9-16)22(3)4/h7-13,21H,6,14H2,1-5H3. The normalized spacial score (nSPS) is 11.3. The second kappa shape index (κ2) is 8.54. The maximum atomic E-state index is 12.9. The fourth-order valence-corrected chi connectivity index (χ4v) is 3.79. The zero-order valence-corrected chi connectivity index (χ0v) is 17.3. The van der Waals surface area contributed by atoms with Crippen LogP contribution in [0.2, 0.25) is 0 Å². The number of carbonyl (C=O) groups is 1. The topological polar surface area (TPSA) is 69.7 Å². The smallest absolute Gasteiger partial charge is 0.254 e. The van der Waals surface area contributed by atoms with Gasteiger partial charge in [0.1, 0.15) is 0 Å². The minimum Gasteiger partial charge on any atom is -0.378 e. The molecule has 7 heteroatoms. The van der Waals surface area contributed by atoms with Crippen molar-refractivity contribution in [3.63, 3.8) is 0 Å². The Bertz CT molecular complexity index is 907. The molecule has 1 N–H and O–H groups in total. The fraction of sp³-hybridized carbons (Fsp3) is 0.350. The third-order valence-electron chi connectivity index (χ3n) is 4.30. The van der Waals surface area contributed by atoms with Crippen molar-refractivity contribution in [2.24, 2.45) is 0 Å². The number of nitrogens with zero attached hydrogens (tertiary/aromatic N) is 2. The Morgan fingerprint density at radius 3 is 2.22 bits per heavy atom. The number of nitrogens with one attached hydrogen (secondary N) is 1. The summed E-state index contributed by atoms with van der Waals surface area (Å²) in [5, 5.41) is 0. The van der Waals surface area contributed by atoms with Crippen LogP contribution in [-0.4, -0.2) is 46.9 Å². The van der Waals surface area contributed by atoms with Crippen molar-refractivity contribution in [3.05, 3.63) is 59.2 Å². The molecule has 2 aromatic rings. The Morgan fingerprint density at radius 1 is 1.04 bits per heavy atom. The zero-order valence-electron chi connectivity index (χ0n) is 16.5. The molecule has 0 radical (unpaired) electrons. The van der Waals surface area contributed by atoms with E-state index >= 15 is 0 Å². The van der Waals surface area contributed by atoms with Crippen LogP contribution in [0.1, 0.15) is 28.4 Å². The number of benzene rings is 2. The molecule has 2 rings (SSSR count). The maximum Gasteiger partial charge on any atom is 0.254 e. The van der Waals surface area contributed by atoms with E-state index in [1.807, 2.05) is 43.3 Å². The number of carbonyl (C=O) groups excluding carboxylic acids is 1. The lowest BCUT2D eigenvalue weighted by Gasteiger charge is -2.20. The van der Waals surface area contributed by atoms with E-state index < -0.39 is 10.0 Å². The second-order valence-corrected chi connectivity index (χ2v) is 8.47. The summed E-state index contributed by atoms with van der Waals surface area (Å²) < 4.78 is 26.9. The lowest BCUT2D eigenvalue weighted by Crippen LogP contribution is -2.28. The van der Waals surface area contributed by atoms with Crippen LogP contribution in [0.5, 0.6) is 0 Å². The maximum absolute atomic E-state index is 12.9. The van der Waals surface area contributed by atoms with Crippen molar-refractivity contribution in [2.75, 3.05) is 32.6 Å². The summed E-state index contributed by atoms with van der Waals surface area (Å²) in [6.45, 7) is 4.25. The van der Waals surface area contributed by atoms with Crippen LogP contribution in [0, 0.1) is 6.92 Å². The van der Waals surface area contributed by atoms with Gasteiger partial charge in [-0.25, -0.2) is 13.1 Å². The first-order valence-corrected chi connectivity index (χ1v) is 10.3. The largest absolute Gasteiger partial charge is 0.378 e. The Hall–Kier alpha value is -2.38. The summed E-state index contributed by atoms with van der Waals surface area (Å²) in [6.07, 6.45) is 0. The van der Waals surface area contributed by atoms with Gasteiger partial charge in [-0.15, -0.1) is 0 Å². The van der Waals surface area contributed by atoms with E-state index in [9.17, 15) is 13.2 Å². The highest BCUT2D eigenvalue weighted by molar-refractivity contribution is 7.89. The first kappa shape index (κ1) is 20.9.